The number of hydrogen-bond acceptors (Lipinski definition) is 3. The lowest BCUT2D eigenvalue weighted by molar-refractivity contribution is 0.302. The summed E-state index contributed by atoms with van der Waals surface area (Å²) in [7, 11) is 1.70. The number of benzene rings is 3. The summed E-state index contributed by atoms with van der Waals surface area (Å²) >= 11 is 7.26. The van der Waals surface area contributed by atoms with E-state index in [1.54, 1.807) is 7.11 Å². The normalized spacial score (nSPS) is 10.6. The molecular formula is C22H21Br2NO2. The summed E-state index contributed by atoms with van der Waals surface area (Å²) in [4.78, 5) is 0. The van der Waals surface area contributed by atoms with Crippen molar-refractivity contribution in [3.63, 3.8) is 0 Å². The minimum absolute atomic E-state index is 0.531. The first-order valence-electron chi connectivity index (χ1n) is 8.64. The van der Waals surface area contributed by atoms with Crippen LogP contribution in [0.15, 0.2) is 75.7 Å². The Hall–Kier alpha value is -1.82. The number of nitrogens with one attached hydrogen (secondary N) is 1. The molecule has 0 bridgehead atoms. The van der Waals surface area contributed by atoms with Gasteiger partial charge in [0.15, 0.2) is 0 Å². The van der Waals surface area contributed by atoms with Crippen molar-refractivity contribution in [3.05, 3.63) is 92.4 Å². The number of halogens is 2. The van der Waals surface area contributed by atoms with Crippen molar-refractivity contribution in [2.45, 2.75) is 19.7 Å². The van der Waals surface area contributed by atoms with Gasteiger partial charge in [0.2, 0.25) is 0 Å². The molecule has 0 atom stereocenters. The van der Waals surface area contributed by atoms with Crippen LogP contribution in [0.2, 0.25) is 0 Å². The fourth-order valence-electron chi connectivity index (χ4n) is 2.77. The summed E-state index contributed by atoms with van der Waals surface area (Å²) in [6, 6.07) is 22.3. The minimum Gasteiger partial charge on any atom is -0.496 e. The zero-order valence-corrected chi connectivity index (χ0v) is 18.2. The zero-order chi connectivity index (χ0) is 19.1. The Balaban J connectivity index is 1.60. The molecule has 27 heavy (non-hydrogen) atoms. The van der Waals surface area contributed by atoms with E-state index in [-0.39, 0.29) is 0 Å². The average Bonchev–Trinajstić information content (AvgIpc) is 2.68. The number of ether oxygens (including phenoxy) is 2. The van der Waals surface area contributed by atoms with E-state index in [0.717, 1.165) is 50.2 Å². The molecule has 0 unspecified atom stereocenters. The van der Waals surface area contributed by atoms with Crippen LogP contribution in [0.5, 0.6) is 11.5 Å². The van der Waals surface area contributed by atoms with Crippen LogP contribution in [0.1, 0.15) is 16.7 Å². The van der Waals surface area contributed by atoms with E-state index in [1.807, 2.05) is 36.4 Å². The highest BCUT2D eigenvalue weighted by molar-refractivity contribution is 9.11. The van der Waals surface area contributed by atoms with Crippen LogP contribution < -0.4 is 14.8 Å². The maximum Gasteiger partial charge on any atom is 0.148 e. The van der Waals surface area contributed by atoms with Crippen LogP contribution in [-0.4, -0.2) is 7.11 Å². The Kier molecular flexibility index (Phi) is 7.33. The van der Waals surface area contributed by atoms with Crippen LogP contribution in [0.4, 0.5) is 0 Å². The monoisotopic (exact) mass is 489 g/mol. The topological polar surface area (TPSA) is 30.5 Å². The molecule has 0 aromatic heterocycles. The van der Waals surface area contributed by atoms with Gasteiger partial charge in [0.25, 0.3) is 0 Å². The SMILES string of the molecule is COc1ccccc1CNCc1cc(Br)c(OCc2ccccc2)c(Br)c1. The fraction of sp³-hybridized carbons (Fsp3) is 0.182. The highest BCUT2D eigenvalue weighted by atomic mass is 79.9. The van der Waals surface area contributed by atoms with Gasteiger partial charge in [-0.15, -0.1) is 0 Å². The second-order valence-corrected chi connectivity index (χ2v) is 7.79. The molecule has 3 aromatic carbocycles. The number of hydrogen-bond donors (Lipinski definition) is 1. The molecule has 5 heteroatoms. The summed E-state index contributed by atoms with van der Waals surface area (Å²) in [6.45, 7) is 2.02. The van der Waals surface area contributed by atoms with E-state index in [4.69, 9.17) is 9.47 Å². The van der Waals surface area contributed by atoms with E-state index in [0.29, 0.717) is 6.61 Å². The van der Waals surface area contributed by atoms with Gasteiger partial charge in [-0.05, 0) is 61.2 Å². The average molecular weight is 491 g/mol. The van der Waals surface area contributed by atoms with Crippen LogP contribution in [-0.2, 0) is 19.7 Å². The first kappa shape index (κ1) is 19.9. The second-order valence-electron chi connectivity index (χ2n) is 6.08. The maximum absolute atomic E-state index is 5.98. The van der Waals surface area contributed by atoms with Gasteiger partial charge in [-0.25, -0.2) is 0 Å². The minimum atomic E-state index is 0.531. The molecule has 0 saturated carbocycles. The van der Waals surface area contributed by atoms with E-state index in [9.17, 15) is 0 Å². The molecule has 0 heterocycles. The molecule has 3 nitrogen and oxygen atoms in total. The van der Waals surface area contributed by atoms with E-state index >= 15 is 0 Å². The summed E-state index contributed by atoms with van der Waals surface area (Å²) in [6.07, 6.45) is 0. The molecule has 140 valence electrons. The molecule has 0 aliphatic carbocycles. The lowest BCUT2D eigenvalue weighted by Crippen LogP contribution is -2.13. The first-order chi connectivity index (χ1) is 13.2. The summed E-state index contributed by atoms with van der Waals surface area (Å²) < 4.78 is 13.2. The third kappa shape index (κ3) is 5.58. The van der Waals surface area contributed by atoms with Crippen molar-refractivity contribution < 1.29 is 9.47 Å². The molecule has 0 amide bonds. The van der Waals surface area contributed by atoms with Gasteiger partial charge in [-0.1, -0.05) is 48.5 Å². The summed E-state index contributed by atoms with van der Waals surface area (Å²) in [5.41, 5.74) is 3.44. The molecule has 0 fully saturated rings. The van der Waals surface area contributed by atoms with Gasteiger partial charge in [-0.3, -0.25) is 0 Å². The number of methoxy groups -OCH3 is 1. The van der Waals surface area contributed by atoms with Gasteiger partial charge >= 0.3 is 0 Å². The molecule has 0 spiro atoms. The van der Waals surface area contributed by atoms with Crippen molar-refractivity contribution in [3.8, 4) is 11.5 Å². The molecule has 0 aliphatic heterocycles. The van der Waals surface area contributed by atoms with Gasteiger partial charge in [0.05, 0.1) is 16.1 Å². The van der Waals surface area contributed by atoms with Crippen molar-refractivity contribution in [1.82, 2.24) is 5.32 Å². The van der Waals surface area contributed by atoms with Crippen LogP contribution in [0.25, 0.3) is 0 Å². The Morgan fingerprint density at radius 1 is 0.815 bits per heavy atom. The smallest absolute Gasteiger partial charge is 0.148 e. The van der Waals surface area contributed by atoms with Crippen molar-refractivity contribution in [2.24, 2.45) is 0 Å². The van der Waals surface area contributed by atoms with Crippen LogP contribution in [0, 0.1) is 0 Å². The van der Waals surface area contributed by atoms with Gasteiger partial charge < -0.3 is 14.8 Å². The number of para-hydroxylation sites is 1. The van der Waals surface area contributed by atoms with Crippen molar-refractivity contribution in [1.29, 1.82) is 0 Å². The predicted molar refractivity (Wildman–Crippen MR) is 116 cm³/mol. The largest absolute Gasteiger partial charge is 0.496 e. The Morgan fingerprint density at radius 2 is 1.48 bits per heavy atom. The maximum atomic E-state index is 5.98. The van der Waals surface area contributed by atoms with Crippen molar-refractivity contribution in [2.75, 3.05) is 7.11 Å². The quantitative estimate of drug-likeness (QED) is 0.414. The summed E-state index contributed by atoms with van der Waals surface area (Å²) in [5.74, 6) is 1.71. The molecule has 0 radical (unpaired) electrons. The molecule has 0 aliphatic rings. The van der Waals surface area contributed by atoms with E-state index in [2.05, 4.69) is 67.5 Å². The predicted octanol–water partition coefficient (Wildman–Crippen LogP) is 6.09. The highest BCUT2D eigenvalue weighted by Crippen LogP contribution is 2.35. The van der Waals surface area contributed by atoms with E-state index < -0.39 is 0 Å². The molecule has 0 saturated heterocycles. The van der Waals surface area contributed by atoms with Crippen LogP contribution in [0.3, 0.4) is 0 Å². The van der Waals surface area contributed by atoms with E-state index in [1.165, 1.54) is 0 Å². The lowest BCUT2D eigenvalue weighted by atomic mass is 10.2. The Morgan fingerprint density at radius 3 is 2.19 bits per heavy atom. The van der Waals surface area contributed by atoms with Gasteiger partial charge in [0.1, 0.15) is 18.1 Å². The summed E-state index contributed by atoms with van der Waals surface area (Å²) in [5, 5.41) is 3.46. The zero-order valence-electron chi connectivity index (χ0n) is 15.0. The third-order valence-corrected chi connectivity index (χ3v) is 5.30. The standard InChI is InChI=1S/C22H21Br2NO2/c1-26-21-10-6-5-9-18(21)14-25-13-17-11-19(23)22(20(24)12-17)27-15-16-7-3-2-4-8-16/h2-12,25H,13-15H2,1H3. The Bertz CT molecular complexity index is 861. The fourth-order valence-corrected chi connectivity index (χ4v) is 4.28. The molecule has 3 aromatic rings. The molecular weight excluding hydrogens is 470 g/mol. The molecule has 1 N–H and O–H groups in total. The number of rotatable bonds is 8. The van der Waals surface area contributed by atoms with Gasteiger partial charge in [0, 0.05) is 18.7 Å². The lowest BCUT2D eigenvalue weighted by Gasteiger charge is -2.13. The Labute approximate surface area is 177 Å². The van der Waals surface area contributed by atoms with Crippen molar-refractivity contribution >= 4 is 31.9 Å². The first-order valence-corrected chi connectivity index (χ1v) is 10.2. The highest BCUT2D eigenvalue weighted by Gasteiger charge is 2.10. The second kappa shape index (κ2) is 9.93. The van der Waals surface area contributed by atoms with Gasteiger partial charge in [-0.2, -0.15) is 0 Å². The van der Waals surface area contributed by atoms with Crippen LogP contribution >= 0.6 is 31.9 Å². The molecule has 3 rings (SSSR count). The third-order valence-electron chi connectivity index (χ3n) is 4.12.